The highest BCUT2D eigenvalue weighted by Gasteiger charge is 2.05. The predicted molar refractivity (Wildman–Crippen MR) is 48.1 cm³/mol. The zero-order valence-corrected chi connectivity index (χ0v) is 7.63. The molecule has 0 aromatic heterocycles. The van der Waals surface area contributed by atoms with E-state index in [0.29, 0.717) is 11.1 Å². The number of halogens is 2. The Bertz CT molecular complexity index is 217. The third-order valence-electron chi connectivity index (χ3n) is 1.49. The summed E-state index contributed by atoms with van der Waals surface area (Å²) in [5.41, 5.74) is -0.853. The molecule has 0 saturated heterocycles. The quantitative estimate of drug-likeness (QED) is 0.729. The van der Waals surface area contributed by atoms with Crippen molar-refractivity contribution in [1.82, 2.24) is 0 Å². The van der Waals surface area contributed by atoms with E-state index in [1.165, 1.54) is 0 Å². The van der Waals surface area contributed by atoms with Crippen LogP contribution in [0, 0.1) is 0 Å². The minimum atomic E-state index is -1.01. The van der Waals surface area contributed by atoms with Gasteiger partial charge in [-0.25, -0.2) is 0 Å². The van der Waals surface area contributed by atoms with Gasteiger partial charge in [0.2, 0.25) is 0 Å². The van der Waals surface area contributed by atoms with Gasteiger partial charge in [-0.15, -0.1) is 0 Å². The second kappa shape index (κ2) is 4.10. The first-order valence-electron chi connectivity index (χ1n) is 3.35. The highest BCUT2D eigenvalue weighted by atomic mass is 35.5. The Morgan fingerprint density at radius 2 is 1.08 bits per heavy atom. The Balaban J connectivity index is 2.86. The number of hydrogen-bond acceptors (Lipinski definition) is 2. The maximum absolute atomic E-state index is 8.92. The Kier molecular flexibility index (Phi) is 3.35. The summed E-state index contributed by atoms with van der Waals surface area (Å²) in [7, 11) is 0. The standard InChI is InChI=1S/C8H8Cl2O2/c9-7(11)5-1-2-6(4-3-5)8(10)12/h1-4,7-8,11-12H. The summed E-state index contributed by atoms with van der Waals surface area (Å²) in [5, 5.41) is 17.8. The van der Waals surface area contributed by atoms with E-state index in [2.05, 4.69) is 0 Å². The van der Waals surface area contributed by atoms with E-state index < -0.39 is 11.1 Å². The van der Waals surface area contributed by atoms with Crippen LogP contribution in [0.5, 0.6) is 0 Å². The maximum Gasteiger partial charge on any atom is 0.153 e. The molecule has 1 aromatic rings. The predicted octanol–water partition coefficient (Wildman–Crippen LogP) is 2.15. The van der Waals surface area contributed by atoms with Crippen molar-refractivity contribution < 1.29 is 10.2 Å². The van der Waals surface area contributed by atoms with Gasteiger partial charge >= 0.3 is 0 Å². The molecule has 0 bridgehead atoms. The first-order chi connectivity index (χ1) is 5.61. The van der Waals surface area contributed by atoms with Crippen molar-refractivity contribution in [2.45, 2.75) is 11.1 Å². The molecule has 2 unspecified atom stereocenters. The van der Waals surface area contributed by atoms with Crippen molar-refractivity contribution in [2.24, 2.45) is 0 Å². The second-order valence-electron chi connectivity index (χ2n) is 2.34. The molecule has 0 aliphatic rings. The topological polar surface area (TPSA) is 40.5 Å². The van der Waals surface area contributed by atoms with Crippen LogP contribution in [0.1, 0.15) is 22.3 Å². The van der Waals surface area contributed by atoms with E-state index in [4.69, 9.17) is 33.4 Å². The fourth-order valence-corrected chi connectivity index (χ4v) is 1.10. The summed E-state index contributed by atoms with van der Waals surface area (Å²) >= 11 is 10.8. The van der Waals surface area contributed by atoms with Gasteiger partial charge in [-0.1, -0.05) is 47.5 Å². The molecule has 12 heavy (non-hydrogen) atoms. The van der Waals surface area contributed by atoms with E-state index in [0.717, 1.165) is 0 Å². The average molecular weight is 207 g/mol. The van der Waals surface area contributed by atoms with Crippen LogP contribution in [0.2, 0.25) is 0 Å². The van der Waals surface area contributed by atoms with Gasteiger partial charge in [0.05, 0.1) is 0 Å². The molecule has 66 valence electrons. The van der Waals surface area contributed by atoms with E-state index in [9.17, 15) is 0 Å². The molecule has 4 heteroatoms. The smallest absolute Gasteiger partial charge is 0.153 e. The lowest BCUT2D eigenvalue weighted by Gasteiger charge is -2.05. The van der Waals surface area contributed by atoms with Gasteiger partial charge in [-0.2, -0.15) is 0 Å². The molecule has 0 saturated carbocycles. The van der Waals surface area contributed by atoms with Crippen LogP contribution in [0.4, 0.5) is 0 Å². The van der Waals surface area contributed by atoms with E-state index in [-0.39, 0.29) is 0 Å². The molecule has 0 spiro atoms. The number of rotatable bonds is 2. The fourth-order valence-electron chi connectivity index (χ4n) is 0.814. The molecule has 2 atom stereocenters. The van der Waals surface area contributed by atoms with Gasteiger partial charge in [-0.3, -0.25) is 0 Å². The highest BCUT2D eigenvalue weighted by Crippen LogP contribution is 2.21. The van der Waals surface area contributed by atoms with Gasteiger partial charge in [0.25, 0.3) is 0 Å². The molecular weight excluding hydrogens is 199 g/mol. The molecule has 0 aliphatic heterocycles. The van der Waals surface area contributed by atoms with Crippen LogP contribution in [0.25, 0.3) is 0 Å². The monoisotopic (exact) mass is 206 g/mol. The summed E-state index contributed by atoms with van der Waals surface area (Å²) in [5.74, 6) is 0. The lowest BCUT2D eigenvalue weighted by molar-refractivity contribution is 0.259. The van der Waals surface area contributed by atoms with Gasteiger partial charge in [0.1, 0.15) is 0 Å². The number of hydrogen-bond donors (Lipinski definition) is 2. The van der Waals surface area contributed by atoms with Crippen LogP contribution in [0.15, 0.2) is 24.3 Å². The Morgan fingerprint density at radius 3 is 1.25 bits per heavy atom. The number of aliphatic hydroxyl groups excluding tert-OH is 2. The minimum absolute atomic E-state index is 0.581. The Morgan fingerprint density at radius 1 is 0.833 bits per heavy atom. The zero-order valence-electron chi connectivity index (χ0n) is 6.11. The van der Waals surface area contributed by atoms with E-state index in [1.54, 1.807) is 24.3 Å². The molecule has 0 amide bonds. The SMILES string of the molecule is OC(Cl)c1ccc(C(O)Cl)cc1. The van der Waals surface area contributed by atoms with E-state index in [1.807, 2.05) is 0 Å². The summed E-state index contributed by atoms with van der Waals surface area (Å²) in [6.45, 7) is 0. The minimum Gasteiger partial charge on any atom is -0.373 e. The third kappa shape index (κ3) is 2.35. The van der Waals surface area contributed by atoms with E-state index >= 15 is 0 Å². The molecule has 1 aromatic carbocycles. The molecule has 2 nitrogen and oxygen atoms in total. The largest absolute Gasteiger partial charge is 0.373 e. The van der Waals surface area contributed by atoms with Crippen LogP contribution in [-0.4, -0.2) is 10.2 Å². The van der Waals surface area contributed by atoms with Crippen molar-refractivity contribution in [3.63, 3.8) is 0 Å². The molecule has 2 N–H and O–H groups in total. The number of benzene rings is 1. The lowest BCUT2D eigenvalue weighted by Crippen LogP contribution is -1.91. The molecule has 0 heterocycles. The van der Waals surface area contributed by atoms with Crippen molar-refractivity contribution in [1.29, 1.82) is 0 Å². The van der Waals surface area contributed by atoms with Crippen molar-refractivity contribution in [3.8, 4) is 0 Å². The van der Waals surface area contributed by atoms with Gasteiger partial charge in [0, 0.05) is 0 Å². The lowest BCUT2D eigenvalue weighted by atomic mass is 10.1. The first kappa shape index (κ1) is 9.81. The van der Waals surface area contributed by atoms with Crippen LogP contribution in [0.3, 0.4) is 0 Å². The van der Waals surface area contributed by atoms with Crippen molar-refractivity contribution in [2.75, 3.05) is 0 Å². The maximum atomic E-state index is 8.92. The summed E-state index contributed by atoms with van der Waals surface area (Å²) in [4.78, 5) is 0. The molecule has 0 radical (unpaired) electrons. The number of aliphatic hydroxyl groups is 2. The first-order valence-corrected chi connectivity index (χ1v) is 4.22. The Hall–Kier alpha value is -0.280. The van der Waals surface area contributed by atoms with Crippen LogP contribution in [-0.2, 0) is 0 Å². The summed E-state index contributed by atoms with van der Waals surface area (Å²) < 4.78 is 0. The second-order valence-corrected chi connectivity index (χ2v) is 3.17. The molecular formula is C8H8Cl2O2. The fraction of sp³-hybridized carbons (Fsp3) is 0.250. The van der Waals surface area contributed by atoms with Crippen molar-refractivity contribution in [3.05, 3.63) is 35.4 Å². The van der Waals surface area contributed by atoms with Gasteiger partial charge < -0.3 is 10.2 Å². The number of alkyl halides is 2. The van der Waals surface area contributed by atoms with Crippen LogP contribution >= 0.6 is 23.2 Å². The highest BCUT2D eigenvalue weighted by molar-refractivity contribution is 6.20. The summed E-state index contributed by atoms with van der Waals surface area (Å²) in [6.07, 6.45) is 0. The normalized spacial score (nSPS) is 15.7. The zero-order chi connectivity index (χ0) is 9.14. The average Bonchev–Trinajstić information content (AvgIpc) is 2.04. The third-order valence-corrected chi connectivity index (χ3v) is 1.99. The van der Waals surface area contributed by atoms with Gasteiger partial charge in [-0.05, 0) is 11.1 Å². The van der Waals surface area contributed by atoms with Crippen molar-refractivity contribution >= 4 is 23.2 Å². The molecule has 1 rings (SSSR count). The van der Waals surface area contributed by atoms with Crippen LogP contribution < -0.4 is 0 Å². The molecule has 0 aliphatic carbocycles. The Labute approximate surface area is 80.4 Å². The summed E-state index contributed by atoms with van der Waals surface area (Å²) in [6, 6.07) is 6.44. The molecule has 0 fully saturated rings. The van der Waals surface area contributed by atoms with Gasteiger partial charge in [0.15, 0.2) is 11.1 Å².